The van der Waals surface area contributed by atoms with E-state index in [-0.39, 0.29) is 5.43 Å². The van der Waals surface area contributed by atoms with Gasteiger partial charge in [-0.25, -0.2) is 0 Å². The summed E-state index contributed by atoms with van der Waals surface area (Å²) in [7, 11) is 2.03. The van der Waals surface area contributed by atoms with Gasteiger partial charge in [0, 0.05) is 34.5 Å². The molecule has 0 saturated heterocycles. The van der Waals surface area contributed by atoms with E-state index < -0.39 is 0 Å². The molecule has 4 rings (SSSR count). The van der Waals surface area contributed by atoms with E-state index in [1.165, 1.54) is 0 Å². The van der Waals surface area contributed by atoms with Crippen molar-refractivity contribution in [3.63, 3.8) is 0 Å². The molecular formula is C17H14N2O. The van der Waals surface area contributed by atoms with Crippen LogP contribution in [0.1, 0.15) is 5.69 Å². The molecule has 2 aromatic carbocycles. The first-order valence-electron chi connectivity index (χ1n) is 6.66. The Morgan fingerprint density at radius 1 is 1.00 bits per heavy atom. The molecule has 0 saturated carbocycles. The number of nitrogens with one attached hydrogen (secondary N) is 1. The Hall–Kier alpha value is -2.55. The summed E-state index contributed by atoms with van der Waals surface area (Å²) in [4.78, 5) is 16.2. The monoisotopic (exact) mass is 262 g/mol. The average molecular weight is 262 g/mol. The molecule has 2 aromatic heterocycles. The van der Waals surface area contributed by atoms with Crippen molar-refractivity contribution in [2.45, 2.75) is 6.92 Å². The van der Waals surface area contributed by atoms with Crippen LogP contribution in [0.25, 0.3) is 32.7 Å². The molecule has 98 valence electrons. The van der Waals surface area contributed by atoms with Gasteiger partial charge in [0.25, 0.3) is 0 Å². The molecule has 4 aromatic rings. The minimum atomic E-state index is 0.102. The summed E-state index contributed by atoms with van der Waals surface area (Å²) >= 11 is 0. The van der Waals surface area contributed by atoms with Gasteiger partial charge < -0.3 is 9.55 Å². The van der Waals surface area contributed by atoms with Crippen LogP contribution in [-0.2, 0) is 7.05 Å². The number of aromatic nitrogens is 2. The zero-order valence-corrected chi connectivity index (χ0v) is 11.4. The van der Waals surface area contributed by atoms with Crippen LogP contribution in [0.2, 0.25) is 0 Å². The van der Waals surface area contributed by atoms with Gasteiger partial charge in [0.1, 0.15) is 0 Å². The fraction of sp³-hybridized carbons (Fsp3) is 0.118. The molecule has 3 nitrogen and oxygen atoms in total. The van der Waals surface area contributed by atoms with Gasteiger partial charge in [-0.15, -0.1) is 0 Å². The second-order valence-corrected chi connectivity index (χ2v) is 5.27. The molecule has 0 spiro atoms. The van der Waals surface area contributed by atoms with Gasteiger partial charge in [-0.3, -0.25) is 4.79 Å². The normalized spacial score (nSPS) is 11.7. The van der Waals surface area contributed by atoms with E-state index in [0.717, 1.165) is 38.4 Å². The highest BCUT2D eigenvalue weighted by Crippen LogP contribution is 2.26. The van der Waals surface area contributed by atoms with Crippen molar-refractivity contribution in [2.24, 2.45) is 7.05 Å². The lowest BCUT2D eigenvalue weighted by Gasteiger charge is -2.04. The topological polar surface area (TPSA) is 37.8 Å². The maximum atomic E-state index is 12.8. The highest BCUT2D eigenvalue weighted by atomic mass is 16.1. The predicted octanol–water partition coefficient (Wildman–Crippen LogP) is 3.48. The summed E-state index contributed by atoms with van der Waals surface area (Å²) in [5.41, 5.74) is 4.13. The van der Waals surface area contributed by atoms with Gasteiger partial charge in [-0.1, -0.05) is 12.1 Å². The fourth-order valence-electron chi connectivity index (χ4n) is 2.96. The number of H-pyrrole nitrogens is 1. The van der Waals surface area contributed by atoms with E-state index in [1.807, 2.05) is 37.4 Å². The van der Waals surface area contributed by atoms with Crippen LogP contribution in [0.15, 0.2) is 47.3 Å². The number of benzene rings is 2. The van der Waals surface area contributed by atoms with Crippen LogP contribution in [0.5, 0.6) is 0 Å². The molecule has 20 heavy (non-hydrogen) atoms. The molecule has 2 heterocycles. The number of fused-ring (bicyclic) bond motifs is 4. The molecule has 0 bridgehead atoms. The van der Waals surface area contributed by atoms with Crippen LogP contribution in [0, 0.1) is 6.92 Å². The SMILES string of the molecule is Cc1cc2c3c(=O)c4ccccc4[nH]c3ccc2n1C. The standard InChI is InChI=1S/C17H14N2O/c1-10-9-12-15(19(10)2)8-7-14-16(12)17(20)11-5-3-4-6-13(11)18-14/h3-9H,1-2H3,(H,18,20). The maximum absolute atomic E-state index is 12.8. The Kier molecular flexibility index (Phi) is 2.11. The Labute approximate surface area is 115 Å². The largest absolute Gasteiger partial charge is 0.354 e. The van der Waals surface area contributed by atoms with Gasteiger partial charge in [-0.2, -0.15) is 0 Å². The van der Waals surface area contributed by atoms with Gasteiger partial charge >= 0.3 is 0 Å². The van der Waals surface area contributed by atoms with Gasteiger partial charge in [0.15, 0.2) is 5.43 Å². The molecule has 0 aliphatic carbocycles. The zero-order chi connectivity index (χ0) is 13.9. The van der Waals surface area contributed by atoms with E-state index in [2.05, 4.69) is 28.6 Å². The number of aryl methyl sites for hydroxylation is 2. The summed E-state index contributed by atoms with van der Waals surface area (Å²) in [5.74, 6) is 0. The quantitative estimate of drug-likeness (QED) is 0.484. The fourth-order valence-corrected chi connectivity index (χ4v) is 2.96. The molecule has 3 heteroatoms. The molecule has 0 unspecified atom stereocenters. The first-order valence-corrected chi connectivity index (χ1v) is 6.66. The highest BCUT2D eigenvalue weighted by Gasteiger charge is 2.11. The van der Waals surface area contributed by atoms with Gasteiger partial charge in [0.2, 0.25) is 0 Å². The maximum Gasteiger partial charge on any atom is 0.197 e. The minimum absolute atomic E-state index is 0.102. The Morgan fingerprint density at radius 2 is 1.80 bits per heavy atom. The minimum Gasteiger partial charge on any atom is -0.354 e. The highest BCUT2D eigenvalue weighted by molar-refractivity contribution is 6.09. The molecule has 1 N–H and O–H groups in total. The summed E-state index contributed by atoms with van der Waals surface area (Å²) in [6, 6.07) is 13.8. The van der Waals surface area contributed by atoms with Crippen molar-refractivity contribution in [2.75, 3.05) is 0 Å². The number of rotatable bonds is 0. The second kappa shape index (κ2) is 3.73. The zero-order valence-electron chi connectivity index (χ0n) is 11.4. The van der Waals surface area contributed by atoms with Crippen LogP contribution in [0.4, 0.5) is 0 Å². The number of hydrogen-bond donors (Lipinski definition) is 1. The Balaban J connectivity index is 2.36. The van der Waals surface area contributed by atoms with E-state index >= 15 is 0 Å². The number of aromatic amines is 1. The Morgan fingerprint density at radius 3 is 2.65 bits per heavy atom. The van der Waals surface area contributed by atoms with Gasteiger partial charge in [0.05, 0.1) is 10.9 Å². The summed E-state index contributed by atoms with van der Waals surface area (Å²) in [5, 5.41) is 2.55. The van der Waals surface area contributed by atoms with Crippen molar-refractivity contribution in [3.8, 4) is 0 Å². The molecule has 0 atom stereocenters. The van der Waals surface area contributed by atoms with Crippen molar-refractivity contribution in [3.05, 3.63) is 58.4 Å². The summed E-state index contributed by atoms with van der Waals surface area (Å²) in [6.07, 6.45) is 0. The molecule has 0 radical (unpaired) electrons. The van der Waals surface area contributed by atoms with Crippen LogP contribution in [-0.4, -0.2) is 9.55 Å². The summed E-state index contributed by atoms with van der Waals surface area (Å²) < 4.78 is 2.11. The van der Waals surface area contributed by atoms with Crippen molar-refractivity contribution in [1.82, 2.24) is 9.55 Å². The third-order valence-corrected chi connectivity index (χ3v) is 4.13. The van der Waals surface area contributed by atoms with Crippen LogP contribution in [0.3, 0.4) is 0 Å². The molecule has 0 aliphatic rings. The molecule has 0 amide bonds. The average Bonchev–Trinajstić information content (AvgIpc) is 2.74. The van der Waals surface area contributed by atoms with Crippen molar-refractivity contribution < 1.29 is 0 Å². The lowest BCUT2D eigenvalue weighted by atomic mass is 10.1. The summed E-state index contributed by atoms with van der Waals surface area (Å²) in [6.45, 7) is 2.06. The van der Waals surface area contributed by atoms with Crippen LogP contribution < -0.4 is 5.43 Å². The van der Waals surface area contributed by atoms with E-state index in [0.29, 0.717) is 0 Å². The third-order valence-electron chi connectivity index (χ3n) is 4.13. The number of hydrogen-bond acceptors (Lipinski definition) is 1. The molecular weight excluding hydrogens is 248 g/mol. The Bertz CT molecular complexity index is 1040. The second-order valence-electron chi connectivity index (χ2n) is 5.27. The number of para-hydroxylation sites is 1. The predicted molar refractivity (Wildman–Crippen MR) is 83.3 cm³/mol. The number of pyridine rings is 1. The first kappa shape index (κ1) is 11.3. The van der Waals surface area contributed by atoms with Crippen LogP contribution >= 0.6 is 0 Å². The van der Waals surface area contributed by atoms with E-state index in [9.17, 15) is 4.79 Å². The molecule has 0 aliphatic heterocycles. The number of nitrogens with zero attached hydrogens (tertiary/aromatic N) is 1. The smallest absolute Gasteiger partial charge is 0.197 e. The lowest BCUT2D eigenvalue weighted by Crippen LogP contribution is -2.04. The van der Waals surface area contributed by atoms with Crippen molar-refractivity contribution >= 4 is 32.7 Å². The lowest BCUT2D eigenvalue weighted by molar-refractivity contribution is 0.918. The third kappa shape index (κ3) is 1.32. The van der Waals surface area contributed by atoms with Crippen molar-refractivity contribution in [1.29, 1.82) is 0 Å². The molecule has 0 fully saturated rings. The van der Waals surface area contributed by atoms with E-state index in [4.69, 9.17) is 0 Å². The van der Waals surface area contributed by atoms with E-state index in [1.54, 1.807) is 0 Å². The first-order chi connectivity index (χ1) is 9.66. The van der Waals surface area contributed by atoms with Gasteiger partial charge in [-0.05, 0) is 37.3 Å².